The van der Waals surface area contributed by atoms with Crippen molar-refractivity contribution in [3.63, 3.8) is 0 Å². The van der Waals surface area contributed by atoms with Crippen LogP contribution in [0.4, 0.5) is 11.4 Å². The predicted molar refractivity (Wildman–Crippen MR) is 136 cm³/mol. The molecule has 0 saturated carbocycles. The maximum atomic E-state index is 5.60. The Morgan fingerprint density at radius 1 is 0.788 bits per heavy atom. The minimum atomic E-state index is 0.724. The molecule has 1 atom stereocenters. The lowest BCUT2D eigenvalue weighted by molar-refractivity contribution is 0.317. The van der Waals surface area contributed by atoms with E-state index in [0.717, 1.165) is 47.2 Å². The van der Waals surface area contributed by atoms with Crippen LogP contribution < -0.4 is 4.74 Å². The van der Waals surface area contributed by atoms with Gasteiger partial charge < -0.3 is 4.74 Å². The van der Waals surface area contributed by atoms with Crippen LogP contribution in [0.1, 0.15) is 61.8 Å². The van der Waals surface area contributed by atoms with E-state index >= 15 is 0 Å². The molecule has 1 aliphatic carbocycles. The Hall–Kier alpha value is -3.38. The van der Waals surface area contributed by atoms with Crippen molar-refractivity contribution in [2.24, 2.45) is 16.1 Å². The molecule has 33 heavy (non-hydrogen) atoms. The molecule has 1 unspecified atom stereocenters. The van der Waals surface area contributed by atoms with Gasteiger partial charge in [0.05, 0.1) is 18.0 Å². The zero-order chi connectivity index (χ0) is 22.9. The number of benzene rings is 3. The van der Waals surface area contributed by atoms with E-state index in [1.807, 2.05) is 48.5 Å². The van der Waals surface area contributed by atoms with Crippen molar-refractivity contribution < 1.29 is 4.74 Å². The number of ether oxygens (including phenoxy) is 1. The molecule has 0 N–H and O–H groups in total. The monoisotopic (exact) mass is 436 g/mol. The van der Waals surface area contributed by atoms with E-state index in [0.29, 0.717) is 0 Å². The van der Waals surface area contributed by atoms with E-state index in [4.69, 9.17) is 4.74 Å². The molecule has 0 amide bonds. The van der Waals surface area contributed by atoms with Gasteiger partial charge in [0.2, 0.25) is 0 Å². The fraction of sp³-hybridized carbons (Fsp3) is 0.333. The highest BCUT2D eigenvalue weighted by Crippen LogP contribution is 2.29. The lowest BCUT2D eigenvalue weighted by Gasteiger charge is -2.24. The summed E-state index contributed by atoms with van der Waals surface area (Å²) in [5.74, 6) is 8.33. The lowest BCUT2D eigenvalue weighted by atomic mass is 9.81. The van der Waals surface area contributed by atoms with E-state index in [1.54, 1.807) is 0 Å². The molecule has 0 bridgehead atoms. The van der Waals surface area contributed by atoms with Gasteiger partial charge in [-0.05, 0) is 103 Å². The van der Waals surface area contributed by atoms with Gasteiger partial charge in [-0.25, -0.2) is 0 Å². The molecule has 3 aromatic rings. The Labute approximate surface area is 197 Å². The summed E-state index contributed by atoms with van der Waals surface area (Å²) in [7, 11) is 0. The summed E-state index contributed by atoms with van der Waals surface area (Å²) < 4.78 is 5.60. The number of hydrogen-bond acceptors (Lipinski definition) is 3. The second-order valence-corrected chi connectivity index (χ2v) is 8.72. The van der Waals surface area contributed by atoms with E-state index in [2.05, 4.69) is 54.1 Å². The van der Waals surface area contributed by atoms with Crippen LogP contribution >= 0.6 is 0 Å². The van der Waals surface area contributed by atoms with Crippen LogP contribution in [0, 0.1) is 17.8 Å². The molecule has 0 aliphatic heterocycles. The van der Waals surface area contributed by atoms with Gasteiger partial charge in [-0.1, -0.05) is 44.6 Å². The molecule has 1 aliphatic rings. The van der Waals surface area contributed by atoms with Crippen LogP contribution in [0.2, 0.25) is 0 Å². The Kier molecular flexibility index (Phi) is 7.93. The summed E-state index contributed by atoms with van der Waals surface area (Å²) >= 11 is 0. The number of azo groups is 1. The zero-order valence-electron chi connectivity index (χ0n) is 19.7. The SMILES string of the molecule is CCCOc1ccc(N=Nc2ccc(C#Cc3ccc4c(c3)CCC(CCC)C4)cc2)cc1. The Morgan fingerprint density at radius 3 is 2.15 bits per heavy atom. The summed E-state index contributed by atoms with van der Waals surface area (Å²) in [4.78, 5) is 0. The number of fused-ring (bicyclic) bond motifs is 1. The molecule has 0 aromatic heterocycles. The maximum Gasteiger partial charge on any atom is 0.119 e. The van der Waals surface area contributed by atoms with E-state index in [9.17, 15) is 0 Å². The van der Waals surface area contributed by atoms with Crippen LogP contribution in [-0.2, 0) is 12.8 Å². The topological polar surface area (TPSA) is 34.0 Å². The van der Waals surface area contributed by atoms with Crippen molar-refractivity contribution in [3.8, 4) is 17.6 Å². The highest BCUT2D eigenvalue weighted by atomic mass is 16.5. The first-order valence-electron chi connectivity index (χ1n) is 12.1. The molecule has 0 radical (unpaired) electrons. The zero-order valence-corrected chi connectivity index (χ0v) is 19.7. The van der Waals surface area contributed by atoms with Gasteiger partial charge in [-0.3, -0.25) is 0 Å². The first-order valence-corrected chi connectivity index (χ1v) is 12.1. The standard InChI is InChI=1S/C30H32N2O/c1-3-5-24-8-12-27-22-25(9-13-26(27)21-24)7-6-23-10-14-28(15-11-23)31-32-29-16-18-30(19-17-29)33-20-4-2/h9-11,13-19,22,24H,3-5,8,12,20-21H2,1-2H3. The molecular weight excluding hydrogens is 404 g/mol. The molecular formula is C30H32N2O. The smallest absolute Gasteiger partial charge is 0.119 e. The third-order valence-corrected chi connectivity index (χ3v) is 6.04. The average molecular weight is 437 g/mol. The van der Waals surface area contributed by atoms with Gasteiger partial charge in [-0.15, -0.1) is 0 Å². The highest BCUT2D eigenvalue weighted by Gasteiger charge is 2.17. The summed E-state index contributed by atoms with van der Waals surface area (Å²) in [5.41, 5.74) is 6.68. The van der Waals surface area contributed by atoms with Crippen molar-refractivity contribution in [1.29, 1.82) is 0 Å². The van der Waals surface area contributed by atoms with Crippen LogP contribution in [0.25, 0.3) is 0 Å². The van der Waals surface area contributed by atoms with E-state index in [1.165, 1.54) is 43.2 Å². The van der Waals surface area contributed by atoms with Crippen LogP contribution in [0.5, 0.6) is 5.75 Å². The summed E-state index contributed by atoms with van der Waals surface area (Å²) in [6.07, 6.45) is 7.34. The Bertz CT molecular complexity index is 1130. The second kappa shape index (κ2) is 11.5. The minimum Gasteiger partial charge on any atom is -0.494 e. The predicted octanol–water partition coefficient (Wildman–Crippen LogP) is 8.20. The Morgan fingerprint density at radius 2 is 1.45 bits per heavy atom. The minimum absolute atomic E-state index is 0.724. The maximum absolute atomic E-state index is 5.60. The summed E-state index contributed by atoms with van der Waals surface area (Å²) in [5, 5.41) is 8.64. The molecule has 3 heteroatoms. The second-order valence-electron chi connectivity index (χ2n) is 8.72. The number of aryl methyl sites for hydroxylation is 1. The largest absolute Gasteiger partial charge is 0.494 e. The average Bonchev–Trinajstić information content (AvgIpc) is 2.86. The summed E-state index contributed by atoms with van der Waals surface area (Å²) in [6, 6.07) is 22.3. The molecule has 0 heterocycles. The molecule has 168 valence electrons. The van der Waals surface area contributed by atoms with Gasteiger partial charge in [-0.2, -0.15) is 10.2 Å². The van der Waals surface area contributed by atoms with Crippen molar-refractivity contribution >= 4 is 11.4 Å². The van der Waals surface area contributed by atoms with Crippen molar-refractivity contribution in [2.45, 2.75) is 52.4 Å². The van der Waals surface area contributed by atoms with E-state index in [-0.39, 0.29) is 0 Å². The van der Waals surface area contributed by atoms with Crippen molar-refractivity contribution in [3.05, 3.63) is 89.0 Å². The van der Waals surface area contributed by atoms with Crippen molar-refractivity contribution in [2.75, 3.05) is 6.61 Å². The number of nitrogens with zero attached hydrogens (tertiary/aromatic N) is 2. The van der Waals surface area contributed by atoms with Gasteiger partial charge in [0.1, 0.15) is 5.75 Å². The number of rotatable bonds is 7. The van der Waals surface area contributed by atoms with Crippen LogP contribution in [0.3, 0.4) is 0 Å². The van der Waals surface area contributed by atoms with Gasteiger partial charge in [0, 0.05) is 11.1 Å². The third kappa shape index (κ3) is 6.56. The molecule has 0 saturated heterocycles. The third-order valence-electron chi connectivity index (χ3n) is 6.04. The van der Waals surface area contributed by atoms with Crippen LogP contribution in [-0.4, -0.2) is 6.61 Å². The molecule has 4 rings (SSSR count). The first kappa shape index (κ1) is 22.8. The fourth-order valence-electron chi connectivity index (χ4n) is 4.26. The quantitative estimate of drug-likeness (QED) is 0.271. The molecule has 0 spiro atoms. The molecule has 3 aromatic carbocycles. The lowest BCUT2D eigenvalue weighted by Crippen LogP contribution is -2.14. The normalized spacial score (nSPS) is 15.0. The summed E-state index contributed by atoms with van der Waals surface area (Å²) in [6.45, 7) is 5.10. The van der Waals surface area contributed by atoms with Gasteiger partial charge in [0.25, 0.3) is 0 Å². The fourth-order valence-corrected chi connectivity index (χ4v) is 4.26. The van der Waals surface area contributed by atoms with E-state index < -0.39 is 0 Å². The Balaban J connectivity index is 1.36. The van der Waals surface area contributed by atoms with Gasteiger partial charge in [0.15, 0.2) is 0 Å². The molecule has 3 nitrogen and oxygen atoms in total. The van der Waals surface area contributed by atoms with Crippen LogP contribution in [0.15, 0.2) is 77.0 Å². The number of hydrogen-bond donors (Lipinski definition) is 0. The van der Waals surface area contributed by atoms with Crippen molar-refractivity contribution in [1.82, 2.24) is 0 Å². The highest BCUT2D eigenvalue weighted by molar-refractivity contribution is 5.49. The molecule has 0 fully saturated rings. The first-order chi connectivity index (χ1) is 16.2. The van der Waals surface area contributed by atoms with Gasteiger partial charge >= 0.3 is 0 Å².